The molecule has 1 aromatic heterocycles. The number of piperidine rings is 1. The van der Waals surface area contributed by atoms with Crippen LogP contribution in [0.4, 0.5) is 15.0 Å². The number of hydrogen-bond acceptors (Lipinski definition) is 4. The monoisotopic (exact) mass is 356 g/mol. The van der Waals surface area contributed by atoms with Crippen LogP contribution >= 0.6 is 0 Å². The number of hydrogen-bond donors (Lipinski definition) is 1. The van der Waals surface area contributed by atoms with Crippen LogP contribution in [0.2, 0.25) is 0 Å². The molecule has 2 aromatic rings. The average molecular weight is 356 g/mol. The third-order valence-corrected chi connectivity index (χ3v) is 4.36. The zero-order valence-corrected chi connectivity index (χ0v) is 14.8. The molecule has 1 atom stereocenters. The molecule has 3 rings (SSSR count). The minimum atomic E-state index is -0.246. The van der Waals surface area contributed by atoms with E-state index < -0.39 is 0 Å². The number of aromatic nitrogens is 2. The highest BCUT2D eigenvalue weighted by atomic mass is 19.1. The molecule has 0 saturated carbocycles. The Kier molecular flexibility index (Phi) is 5.46. The molecule has 26 heavy (non-hydrogen) atoms. The lowest BCUT2D eigenvalue weighted by molar-refractivity contribution is 0.197. The Labute approximate surface area is 151 Å². The summed E-state index contributed by atoms with van der Waals surface area (Å²) in [5.74, 6) is 0.718. The lowest BCUT2D eigenvalue weighted by Crippen LogP contribution is -2.42. The molecule has 136 valence electrons. The van der Waals surface area contributed by atoms with Crippen LogP contribution < -0.4 is 10.1 Å². The van der Waals surface area contributed by atoms with E-state index in [-0.39, 0.29) is 17.8 Å². The van der Waals surface area contributed by atoms with Crippen molar-refractivity contribution in [3.05, 3.63) is 53.6 Å². The summed E-state index contributed by atoms with van der Waals surface area (Å²) >= 11 is 0. The van der Waals surface area contributed by atoms with Crippen LogP contribution in [-0.2, 0) is 0 Å². The molecule has 0 spiro atoms. The highest BCUT2D eigenvalue weighted by Crippen LogP contribution is 2.25. The highest BCUT2D eigenvalue weighted by molar-refractivity contribution is 5.88. The number of nitrogens with one attached hydrogen (secondary N) is 1. The maximum atomic E-state index is 13.3. The second kappa shape index (κ2) is 7.95. The quantitative estimate of drug-likeness (QED) is 0.913. The molecule has 0 bridgehead atoms. The van der Waals surface area contributed by atoms with Gasteiger partial charge in [0.05, 0.1) is 19.5 Å². The van der Waals surface area contributed by atoms with Crippen molar-refractivity contribution in [1.82, 2.24) is 14.9 Å². The maximum absolute atomic E-state index is 13.3. The number of halogens is 1. The summed E-state index contributed by atoms with van der Waals surface area (Å²) in [4.78, 5) is 22.3. The normalized spacial score (nSPS) is 18.7. The van der Waals surface area contributed by atoms with Crippen LogP contribution in [0.3, 0.4) is 0 Å². The van der Waals surface area contributed by atoms with Gasteiger partial charge in [-0.05, 0) is 30.0 Å². The molecule has 1 N–H and O–H groups in total. The number of urea groups is 1. The van der Waals surface area contributed by atoms with Gasteiger partial charge in [0.2, 0.25) is 5.88 Å². The lowest BCUT2D eigenvalue weighted by Gasteiger charge is -2.33. The topological polar surface area (TPSA) is 67.3 Å². The van der Waals surface area contributed by atoms with Gasteiger partial charge in [-0.3, -0.25) is 5.32 Å². The smallest absolute Gasteiger partial charge is 0.323 e. The number of carbonyl (C=O) groups excluding carboxylic acids is 1. The number of likely N-dealkylation sites (tertiary alicyclic amines) is 1. The predicted octanol–water partition coefficient (Wildman–Crippen LogP) is 3.58. The molecule has 1 aliphatic rings. The van der Waals surface area contributed by atoms with Crippen molar-refractivity contribution in [1.29, 1.82) is 0 Å². The maximum Gasteiger partial charge on any atom is 0.323 e. The van der Waals surface area contributed by atoms with E-state index in [1.807, 2.05) is 12.1 Å². The standard InChI is InChI=1S/C19H21FN4O2/c1-13-12-24(19(25)23-17-10-22-18(26-2)11-21-17)7-6-15(13)8-14-4-3-5-16(20)9-14/h3-5,8-11,13H,6-7,12H2,1-2H3,(H,21,23,25)/b15-8+. The first-order valence-corrected chi connectivity index (χ1v) is 8.43. The predicted molar refractivity (Wildman–Crippen MR) is 97.3 cm³/mol. The van der Waals surface area contributed by atoms with Crippen molar-refractivity contribution in [2.75, 3.05) is 25.5 Å². The summed E-state index contributed by atoms with van der Waals surface area (Å²) in [6.45, 7) is 3.26. The number of methoxy groups -OCH3 is 1. The molecule has 1 saturated heterocycles. The molecule has 1 aliphatic heterocycles. The van der Waals surface area contributed by atoms with Crippen LogP contribution in [0.25, 0.3) is 6.08 Å². The van der Waals surface area contributed by atoms with E-state index in [1.54, 1.807) is 11.0 Å². The van der Waals surface area contributed by atoms with Gasteiger partial charge >= 0.3 is 6.03 Å². The van der Waals surface area contributed by atoms with Gasteiger partial charge in [0.1, 0.15) is 5.82 Å². The van der Waals surface area contributed by atoms with Crippen LogP contribution in [0.15, 0.2) is 42.2 Å². The van der Waals surface area contributed by atoms with Gasteiger partial charge in [-0.1, -0.05) is 30.7 Å². The summed E-state index contributed by atoms with van der Waals surface area (Å²) in [5.41, 5.74) is 2.06. The van der Waals surface area contributed by atoms with Gasteiger partial charge in [-0.2, -0.15) is 0 Å². The number of ether oxygens (including phenoxy) is 1. The SMILES string of the molecule is COc1cnc(NC(=O)N2CC/C(=C\c3cccc(F)c3)C(C)C2)cn1. The number of carbonyl (C=O) groups is 1. The Hall–Kier alpha value is -2.96. The van der Waals surface area contributed by atoms with Crippen molar-refractivity contribution in [2.45, 2.75) is 13.3 Å². The number of benzene rings is 1. The van der Waals surface area contributed by atoms with Gasteiger partial charge < -0.3 is 9.64 Å². The van der Waals surface area contributed by atoms with Gasteiger partial charge in [-0.25, -0.2) is 19.2 Å². The fourth-order valence-electron chi connectivity index (χ4n) is 2.93. The summed E-state index contributed by atoms with van der Waals surface area (Å²) in [6, 6.07) is 6.32. The third kappa shape index (κ3) is 4.36. The second-order valence-corrected chi connectivity index (χ2v) is 6.25. The van der Waals surface area contributed by atoms with Crippen LogP contribution in [0, 0.1) is 11.7 Å². The first-order valence-electron chi connectivity index (χ1n) is 8.43. The van der Waals surface area contributed by atoms with Crippen molar-refractivity contribution in [3.63, 3.8) is 0 Å². The molecule has 0 radical (unpaired) electrons. The van der Waals surface area contributed by atoms with Crippen LogP contribution in [0.1, 0.15) is 18.9 Å². The molecule has 7 heteroatoms. The number of anilines is 1. The molecule has 1 aromatic carbocycles. The van der Waals surface area contributed by atoms with Gasteiger partial charge in [0.15, 0.2) is 5.82 Å². The van der Waals surface area contributed by atoms with E-state index >= 15 is 0 Å². The van der Waals surface area contributed by atoms with Crippen molar-refractivity contribution in [3.8, 4) is 5.88 Å². The fourth-order valence-corrected chi connectivity index (χ4v) is 2.93. The van der Waals surface area contributed by atoms with Crippen molar-refractivity contribution < 1.29 is 13.9 Å². The summed E-state index contributed by atoms with van der Waals surface area (Å²) in [7, 11) is 1.51. The lowest BCUT2D eigenvalue weighted by atomic mass is 9.91. The first-order chi connectivity index (χ1) is 12.5. The zero-order chi connectivity index (χ0) is 18.5. The van der Waals surface area contributed by atoms with Crippen LogP contribution in [0.5, 0.6) is 5.88 Å². The molecule has 0 aliphatic carbocycles. The molecular formula is C19H21FN4O2. The molecule has 2 amide bonds. The Morgan fingerprint density at radius 3 is 2.88 bits per heavy atom. The third-order valence-electron chi connectivity index (χ3n) is 4.36. The fraction of sp³-hybridized carbons (Fsp3) is 0.316. The van der Waals surface area contributed by atoms with Crippen molar-refractivity contribution in [2.24, 2.45) is 5.92 Å². The minimum absolute atomic E-state index is 0.194. The van der Waals surface area contributed by atoms with Crippen LogP contribution in [-0.4, -0.2) is 41.1 Å². The highest BCUT2D eigenvalue weighted by Gasteiger charge is 2.24. The number of nitrogens with zero attached hydrogens (tertiary/aromatic N) is 3. The zero-order valence-electron chi connectivity index (χ0n) is 14.8. The van der Waals surface area contributed by atoms with Crippen molar-refractivity contribution >= 4 is 17.9 Å². The minimum Gasteiger partial charge on any atom is -0.480 e. The number of amides is 2. The summed E-state index contributed by atoms with van der Waals surface area (Å²) in [6.07, 6.45) is 5.67. The Balaban J connectivity index is 1.61. The Morgan fingerprint density at radius 2 is 2.23 bits per heavy atom. The van der Waals surface area contributed by atoms with E-state index in [4.69, 9.17) is 4.74 Å². The Morgan fingerprint density at radius 1 is 1.38 bits per heavy atom. The summed E-state index contributed by atoms with van der Waals surface area (Å²) in [5, 5.41) is 2.74. The van der Waals surface area contributed by atoms with E-state index in [0.717, 1.165) is 12.0 Å². The van der Waals surface area contributed by atoms with E-state index in [9.17, 15) is 9.18 Å². The van der Waals surface area contributed by atoms with Gasteiger partial charge in [0, 0.05) is 13.1 Å². The second-order valence-electron chi connectivity index (χ2n) is 6.25. The average Bonchev–Trinajstić information content (AvgIpc) is 2.64. The molecule has 6 nitrogen and oxygen atoms in total. The molecule has 2 heterocycles. The van der Waals surface area contributed by atoms with E-state index in [1.165, 1.54) is 37.2 Å². The first kappa shape index (κ1) is 17.8. The van der Waals surface area contributed by atoms with Gasteiger partial charge in [-0.15, -0.1) is 0 Å². The van der Waals surface area contributed by atoms with Gasteiger partial charge in [0.25, 0.3) is 0 Å². The van der Waals surface area contributed by atoms with E-state index in [0.29, 0.717) is 24.8 Å². The molecule has 1 fully saturated rings. The molecule has 1 unspecified atom stereocenters. The number of rotatable bonds is 3. The van der Waals surface area contributed by atoms with E-state index in [2.05, 4.69) is 22.2 Å². The molecular weight excluding hydrogens is 335 g/mol. The largest absolute Gasteiger partial charge is 0.480 e. The summed E-state index contributed by atoms with van der Waals surface area (Å²) < 4.78 is 18.3. The Bertz CT molecular complexity index is 807.